The summed E-state index contributed by atoms with van der Waals surface area (Å²) in [6.45, 7) is 1.49. The van der Waals surface area contributed by atoms with Crippen molar-refractivity contribution in [2.45, 2.75) is 56.9 Å². The second-order valence-electron chi connectivity index (χ2n) is 4.94. The molecule has 5 atom stereocenters. The van der Waals surface area contributed by atoms with Gasteiger partial charge in [-0.15, -0.1) is 0 Å². The van der Waals surface area contributed by atoms with Crippen molar-refractivity contribution in [3.05, 3.63) is 0 Å². The fourth-order valence-electron chi connectivity index (χ4n) is 2.16. The van der Waals surface area contributed by atoms with E-state index in [0.29, 0.717) is 25.9 Å². The average molecular weight is 973 g/mol. The predicted molar refractivity (Wildman–Crippen MR) is 69.0 cm³/mol. The Balaban J connectivity index is -0.00000133. The molecule has 1 aliphatic heterocycles. The van der Waals surface area contributed by atoms with Crippen LogP contribution in [0.4, 0.5) is 0 Å². The van der Waals surface area contributed by atoms with E-state index in [9.17, 15) is 20.1 Å². The van der Waals surface area contributed by atoms with Crippen LogP contribution in [-0.2, 0) is 19.0 Å². The van der Waals surface area contributed by atoms with E-state index in [4.69, 9.17) is 14.2 Å². The Morgan fingerprint density at radius 2 is 1.74 bits per heavy atom. The first-order chi connectivity index (χ1) is 9.51. The van der Waals surface area contributed by atoms with E-state index >= 15 is 0 Å². The molecule has 127 valence electrons. The first kappa shape index (κ1) is 31.4. The number of aliphatic hydroxyl groups excluding tert-OH is 3. The molecule has 7 nitrogen and oxygen atoms in total. The summed E-state index contributed by atoms with van der Waals surface area (Å²) in [7, 11) is 1.37. The number of ether oxygens (including phenoxy) is 3. The van der Waals surface area contributed by atoms with E-state index in [2.05, 4.69) is 0 Å². The largest absolute Gasteiger partial charge is 0.394 e. The van der Waals surface area contributed by atoms with Crippen LogP contribution in [0.5, 0.6) is 0 Å². The number of methoxy groups -OCH3 is 1. The SMILES string of the molecule is CO[C@H]1C(CO)O[C@@H](OCCCCC(C)=O)[C@@H](O)C1O.[Ac].[Ac].[Ac]. The molecule has 0 saturated carbocycles. The molecule has 1 rings (SSSR count). The van der Waals surface area contributed by atoms with Crippen molar-refractivity contribution >= 4 is 5.78 Å². The van der Waals surface area contributed by atoms with Gasteiger partial charge in [0.15, 0.2) is 6.29 Å². The maximum Gasteiger partial charge on any atom is 0.186 e. The zero-order valence-electron chi connectivity index (χ0n) is 13.6. The Morgan fingerprint density at radius 3 is 2.22 bits per heavy atom. The molecule has 3 radical (unpaired) electrons. The van der Waals surface area contributed by atoms with Gasteiger partial charge in [0.05, 0.1) is 6.61 Å². The molecule has 0 aromatic heterocycles. The minimum Gasteiger partial charge on any atom is -0.394 e. The van der Waals surface area contributed by atoms with Crippen LogP contribution in [0.15, 0.2) is 0 Å². The molecule has 2 unspecified atom stereocenters. The molecular formula is C13H24Ac3O7. The number of rotatable bonds is 8. The van der Waals surface area contributed by atoms with Crippen LogP contribution in [-0.4, -0.2) is 72.1 Å². The Kier molecular flexibility index (Phi) is 24.4. The van der Waals surface area contributed by atoms with Crippen molar-refractivity contribution in [2.24, 2.45) is 0 Å². The Hall–Kier alpha value is 3.75. The van der Waals surface area contributed by atoms with Crippen LogP contribution in [0.3, 0.4) is 0 Å². The molecule has 1 aliphatic rings. The fourth-order valence-corrected chi connectivity index (χ4v) is 2.16. The summed E-state index contributed by atoms with van der Waals surface area (Å²) in [5.74, 6) is 0.123. The maximum absolute atomic E-state index is 10.8. The second kappa shape index (κ2) is 17.8. The minimum atomic E-state index is -1.24. The molecule has 1 fully saturated rings. The molecule has 0 aromatic rings. The van der Waals surface area contributed by atoms with E-state index in [-0.39, 0.29) is 145 Å². The van der Waals surface area contributed by atoms with Crippen LogP contribution in [0.1, 0.15) is 26.2 Å². The van der Waals surface area contributed by atoms with Crippen LogP contribution < -0.4 is 0 Å². The molecule has 23 heavy (non-hydrogen) atoms. The number of Topliss-reactive ketones (excluding diaryl/α,β-unsaturated/α-hetero) is 1. The quantitative estimate of drug-likeness (QED) is 0.275. The summed E-state index contributed by atoms with van der Waals surface area (Å²) >= 11 is 0. The Labute approximate surface area is 244 Å². The van der Waals surface area contributed by atoms with Gasteiger partial charge in [0, 0.05) is 152 Å². The summed E-state index contributed by atoms with van der Waals surface area (Å²) < 4.78 is 15.7. The molecule has 0 aromatic carbocycles. The molecule has 10 heteroatoms. The van der Waals surface area contributed by atoms with Crippen molar-refractivity contribution in [3.63, 3.8) is 0 Å². The number of ketones is 1. The van der Waals surface area contributed by atoms with Gasteiger partial charge in [-0.1, -0.05) is 0 Å². The number of unbranched alkanes of at least 4 members (excludes halogenated alkanes) is 1. The molecule has 0 aliphatic carbocycles. The monoisotopic (exact) mass is 973 g/mol. The number of hydrogen-bond acceptors (Lipinski definition) is 7. The topological polar surface area (TPSA) is 105 Å². The number of hydrogen-bond donors (Lipinski definition) is 3. The third kappa shape index (κ3) is 11.4. The summed E-state index contributed by atoms with van der Waals surface area (Å²) in [6.07, 6.45) is -3.14. The summed E-state index contributed by atoms with van der Waals surface area (Å²) in [5, 5.41) is 29.0. The summed E-state index contributed by atoms with van der Waals surface area (Å²) in [6, 6.07) is 0. The van der Waals surface area contributed by atoms with Crippen molar-refractivity contribution < 1.29 is 167 Å². The summed E-state index contributed by atoms with van der Waals surface area (Å²) in [5.41, 5.74) is 0. The first-order valence-electron chi connectivity index (χ1n) is 6.77. The Bertz CT molecular complexity index is 307. The van der Waals surface area contributed by atoms with E-state index in [1.807, 2.05) is 0 Å². The number of carbonyl (C=O) groups excluding carboxylic acids is 1. The van der Waals surface area contributed by atoms with Gasteiger partial charge in [-0.05, 0) is 19.8 Å². The van der Waals surface area contributed by atoms with Gasteiger partial charge in [-0.25, -0.2) is 0 Å². The van der Waals surface area contributed by atoms with Crippen LogP contribution in [0, 0.1) is 132 Å². The van der Waals surface area contributed by atoms with Crippen molar-refractivity contribution in [1.82, 2.24) is 0 Å². The van der Waals surface area contributed by atoms with Crippen LogP contribution in [0.2, 0.25) is 0 Å². The fraction of sp³-hybridized carbons (Fsp3) is 0.923. The molecule has 3 N–H and O–H groups in total. The minimum absolute atomic E-state index is 0. The van der Waals surface area contributed by atoms with E-state index in [1.165, 1.54) is 14.0 Å². The Morgan fingerprint density at radius 1 is 1.13 bits per heavy atom. The first-order valence-corrected chi connectivity index (χ1v) is 6.77. The zero-order chi connectivity index (χ0) is 15.1. The van der Waals surface area contributed by atoms with Gasteiger partial charge in [-0.2, -0.15) is 0 Å². The molecule has 1 heterocycles. The molecule has 0 bridgehead atoms. The number of aliphatic hydroxyl groups is 3. The van der Waals surface area contributed by atoms with E-state index < -0.39 is 30.7 Å². The molecule has 1 saturated heterocycles. The second-order valence-corrected chi connectivity index (χ2v) is 4.94. The van der Waals surface area contributed by atoms with Crippen molar-refractivity contribution in [1.29, 1.82) is 0 Å². The maximum atomic E-state index is 10.8. The molecular weight excluding hydrogens is 949 g/mol. The van der Waals surface area contributed by atoms with Gasteiger partial charge in [0.1, 0.15) is 30.2 Å². The van der Waals surface area contributed by atoms with E-state index in [1.54, 1.807) is 0 Å². The van der Waals surface area contributed by atoms with Gasteiger partial charge in [0.25, 0.3) is 0 Å². The van der Waals surface area contributed by atoms with Gasteiger partial charge in [-0.3, -0.25) is 0 Å². The normalized spacial score (nSPS) is 29.7. The summed E-state index contributed by atoms with van der Waals surface area (Å²) in [4.78, 5) is 10.8. The standard InChI is InChI=1S/C13H24O7.3Ac/c1-8(15)5-3-4-6-19-13-11(17)10(16)12(18-2)9(7-14)20-13;;;/h9-14,16-17H,3-7H2,1-2H3;;;/t9?,10?,11-,12-,13+;;;/m0.../s1. The van der Waals surface area contributed by atoms with Crippen molar-refractivity contribution in [3.8, 4) is 0 Å². The van der Waals surface area contributed by atoms with Crippen LogP contribution in [0.25, 0.3) is 0 Å². The van der Waals surface area contributed by atoms with E-state index in [0.717, 1.165) is 0 Å². The smallest absolute Gasteiger partial charge is 0.186 e. The van der Waals surface area contributed by atoms with Gasteiger partial charge < -0.3 is 34.3 Å². The number of carbonyl (C=O) groups is 1. The average Bonchev–Trinajstić information content (AvgIpc) is 2.42. The molecule has 0 amide bonds. The molecule has 0 spiro atoms. The zero-order valence-corrected chi connectivity index (χ0v) is 27.9. The van der Waals surface area contributed by atoms with Crippen molar-refractivity contribution in [2.75, 3.05) is 20.3 Å². The van der Waals surface area contributed by atoms with Gasteiger partial charge >= 0.3 is 0 Å². The third-order valence-electron chi connectivity index (χ3n) is 3.30. The van der Waals surface area contributed by atoms with Gasteiger partial charge in [0.2, 0.25) is 0 Å². The third-order valence-corrected chi connectivity index (χ3v) is 3.30. The predicted octanol–water partition coefficient (Wildman–Crippen LogP) is -0.784. The van der Waals surface area contributed by atoms with Crippen LogP contribution >= 0.6 is 0 Å².